The van der Waals surface area contributed by atoms with E-state index in [-0.39, 0.29) is 6.04 Å². The Bertz CT molecular complexity index is 362. The molecular formula is C10H14BrNO2S. The zero-order valence-electron chi connectivity index (χ0n) is 8.87. The quantitative estimate of drug-likeness (QED) is 0.897. The Balaban J connectivity index is 3.04. The van der Waals surface area contributed by atoms with E-state index in [4.69, 9.17) is 5.11 Å². The van der Waals surface area contributed by atoms with Gasteiger partial charge in [0, 0.05) is 4.88 Å². The fourth-order valence-corrected chi connectivity index (χ4v) is 3.19. The smallest absolute Gasteiger partial charge is 0.311 e. The summed E-state index contributed by atoms with van der Waals surface area (Å²) in [5, 5.41) is 12.2. The number of carboxylic acid groups (broad SMARTS) is 1. The van der Waals surface area contributed by atoms with Crippen molar-refractivity contribution in [3.8, 4) is 0 Å². The number of carbonyl (C=O) groups is 1. The van der Waals surface area contributed by atoms with Crippen molar-refractivity contribution >= 4 is 33.2 Å². The van der Waals surface area contributed by atoms with Crippen LogP contribution >= 0.6 is 27.3 Å². The number of halogens is 1. The molecule has 0 aromatic carbocycles. The third-order valence-electron chi connectivity index (χ3n) is 2.44. The van der Waals surface area contributed by atoms with Gasteiger partial charge >= 0.3 is 5.97 Å². The van der Waals surface area contributed by atoms with Crippen molar-refractivity contribution in [2.45, 2.75) is 19.9 Å². The highest BCUT2D eigenvalue weighted by molar-refractivity contribution is 9.11. The first-order valence-corrected chi connectivity index (χ1v) is 6.16. The van der Waals surface area contributed by atoms with Gasteiger partial charge in [-0.3, -0.25) is 4.79 Å². The van der Waals surface area contributed by atoms with Crippen LogP contribution in [0, 0.1) is 5.41 Å². The van der Waals surface area contributed by atoms with Crippen LogP contribution in [0.5, 0.6) is 0 Å². The molecule has 1 rings (SSSR count). The molecule has 1 unspecified atom stereocenters. The van der Waals surface area contributed by atoms with Crippen molar-refractivity contribution < 1.29 is 9.90 Å². The van der Waals surface area contributed by atoms with Crippen LogP contribution in [0.15, 0.2) is 15.9 Å². The number of thiophene rings is 1. The van der Waals surface area contributed by atoms with Crippen molar-refractivity contribution in [3.05, 3.63) is 20.8 Å². The summed E-state index contributed by atoms with van der Waals surface area (Å²) < 4.78 is 1.01. The minimum Gasteiger partial charge on any atom is -0.481 e. The standard InChI is InChI=1S/C10H14BrNO2S/c1-10(2,9(13)14)8(12-3)6-4-5-7(11)15-6/h4-5,8,12H,1-3H3,(H,13,14). The number of aliphatic carboxylic acids is 1. The van der Waals surface area contributed by atoms with Gasteiger partial charge in [-0.05, 0) is 49.0 Å². The molecule has 0 aliphatic heterocycles. The van der Waals surface area contributed by atoms with Gasteiger partial charge in [0.1, 0.15) is 0 Å². The Morgan fingerprint density at radius 1 is 1.60 bits per heavy atom. The first-order valence-electron chi connectivity index (χ1n) is 4.55. The predicted octanol–water partition coefficient (Wildman–Crippen LogP) is 2.88. The molecule has 1 heterocycles. The van der Waals surface area contributed by atoms with Crippen LogP contribution in [0.4, 0.5) is 0 Å². The summed E-state index contributed by atoms with van der Waals surface area (Å²) in [4.78, 5) is 12.2. The zero-order valence-corrected chi connectivity index (χ0v) is 11.3. The van der Waals surface area contributed by atoms with E-state index < -0.39 is 11.4 Å². The van der Waals surface area contributed by atoms with E-state index in [0.717, 1.165) is 8.66 Å². The average Bonchev–Trinajstić information content (AvgIpc) is 2.52. The molecule has 0 bridgehead atoms. The fraction of sp³-hybridized carbons (Fsp3) is 0.500. The highest BCUT2D eigenvalue weighted by atomic mass is 79.9. The van der Waals surface area contributed by atoms with E-state index in [1.54, 1.807) is 32.2 Å². The maximum atomic E-state index is 11.2. The minimum absolute atomic E-state index is 0.175. The van der Waals surface area contributed by atoms with Gasteiger partial charge in [-0.25, -0.2) is 0 Å². The third kappa shape index (κ3) is 2.59. The van der Waals surface area contributed by atoms with Gasteiger partial charge in [-0.1, -0.05) is 0 Å². The van der Waals surface area contributed by atoms with Crippen molar-refractivity contribution in [1.82, 2.24) is 5.32 Å². The summed E-state index contributed by atoms with van der Waals surface area (Å²) in [6.07, 6.45) is 0. The lowest BCUT2D eigenvalue weighted by molar-refractivity contribution is -0.148. The molecule has 5 heteroatoms. The van der Waals surface area contributed by atoms with Crippen molar-refractivity contribution in [1.29, 1.82) is 0 Å². The molecule has 1 atom stereocenters. The zero-order chi connectivity index (χ0) is 11.6. The highest BCUT2D eigenvalue weighted by Gasteiger charge is 2.37. The average molecular weight is 292 g/mol. The summed E-state index contributed by atoms with van der Waals surface area (Å²) in [7, 11) is 1.78. The summed E-state index contributed by atoms with van der Waals surface area (Å²) in [5.74, 6) is -0.800. The second-order valence-corrected chi connectivity index (χ2v) is 6.38. The van der Waals surface area contributed by atoms with E-state index in [2.05, 4.69) is 21.2 Å². The Morgan fingerprint density at radius 3 is 2.53 bits per heavy atom. The molecule has 0 fully saturated rings. The largest absolute Gasteiger partial charge is 0.481 e. The van der Waals surface area contributed by atoms with Crippen LogP contribution in [-0.4, -0.2) is 18.1 Å². The first-order chi connectivity index (χ1) is 6.89. The Morgan fingerprint density at radius 2 is 2.20 bits per heavy atom. The van der Waals surface area contributed by atoms with Gasteiger partial charge in [0.05, 0.1) is 15.2 Å². The van der Waals surface area contributed by atoms with Crippen molar-refractivity contribution in [2.24, 2.45) is 5.41 Å². The van der Waals surface area contributed by atoms with Crippen LogP contribution in [0.3, 0.4) is 0 Å². The number of rotatable bonds is 4. The van der Waals surface area contributed by atoms with Gasteiger partial charge in [0.15, 0.2) is 0 Å². The van der Waals surface area contributed by atoms with Gasteiger partial charge < -0.3 is 10.4 Å². The van der Waals surface area contributed by atoms with Crippen LogP contribution in [-0.2, 0) is 4.79 Å². The van der Waals surface area contributed by atoms with E-state index in [1.807, 2.05) is 12.1 Å². The summed E-state index contributed by atoms with van der Waals surface area (Å²) in [5.41, 5.74) is -0.820. The topological polar surface area (TPSA) is 49.3 Å². The SMILES string of the molecule is CNC(c1ccc(Br)s1)C(C)(C)C(=O)O. The lowest BCUT2D eigenvalue weighted by Crippen LogP contribution is -2.37. The van der Waals surface area contributed by atoms with Crippen LogP contribution in [0.2, 0.25) is 0 Å². The molecule has 0 saturated carbocycles. The maximum absolute atomic E-state index is 11.2. The second-order valence-electron chi connectivity index (χ2n) is 3.89. The predicted molar refractivity (Wildman–Crippen MR) is 65.2 cm³/mol. The molecule has 0 amide bonds. The fourth-order valence-electron chi connectivity index (χ4n) is 1.47. The third-order valence-corrected chi connectivity index (χ3v) is 4.13. The number of hydrogen-bond acceptors (Lipinski definition) is 3. The molecule has 84 valence electrons. The molecule has 0 spiro atoms. The highest BCUT2D eigenvalue weighted by Crippen LogP contribution is 2.38. The van der Waals surface area contributed by atoms with Gasteiger partial charge in [-0.15, -0.1) is 11.3 Å². The van der Waals surface area contributed by atoms with E-state index in [1.165, 1.54) is 0 Å². The van der Waals surface area contributed by atoms with Gasteiger partial charge in [-0.2, -0.15) is 0 Å². The molecule has 0 saturated heterocycles. The molecule has 1 aromatic heterocycles. The molecule has 0 radical (unpaired) electrons. The number of nitrogens with one attached hydrogen (secondary N) is 1. The van der Waals surface area contributed by atoms with Crippen LogP contribution < -0.4 is 5.32 Å². The summed E-state index contributed by atoms with van der Waals surface area (Å²) in [6.45, 7) is 3.45. The maximum Gasteiger partial charge on any atom is 0.311 e. The normalized spacial score (nSPS) is 13.9. The monoisotopic (exact) mass is 291 g/mol. The molecule has 2 N–H and O–H groups in total. The Labute approximate surface area is 102 Å². The lowest BCUT2D eigenvalue weighted by Gasteiger charge is -2.29. The van der Waals surface area contributed by atoms with Crippen LogP contribution in [0.25, 0.3) is 0 Å². The van der Waals surface area contributed by atoms with Gasteiger partial charge in [0.25, 0.3) is 0 Å². The van der Waals surface area contributed by atoms with E-state index in [9.17, 15) is 4.79 Å². The molecule has 3 nitrogen and oxygen atoms in total. The Hall–Kier alpha value is -0.390. The number of carboxylic acids is 1. The first kappa shape index (κ1) is 12.7. The summed E-state index contributed by atoms with van der Waals surface area (Å²) in [6, 6.07) is 3.70. The van der Waals surface area contributed by atoms with E-state index >= 15 is 0 Å². The lowest BCUT2D eigenvalue weighted by atomic mass is 9.84. The van der Waals surface area contributed by atoms with Crippen molar-refractivity contribution in [2.75, 3.05) is 7.05 Å². The van der Waals surface area contributed by atoms with Gasteiger partial charge in [0.2, 0.25) is 0 Å². The second kappa shape index (κ2) is 4.63. The molecule has 15 heavy (non-hydrogen) atoms. The number of hydrogen-bond donors (Lipinski definition) is 2. The molecule has 0 aliphatic carbocycles. The molecule has 1 aromatic rings. The van der Waals surface area contributed by atoms with Crippen LogP contribution in [0.1, 0.15) is 24.8 Å². The summed E-state index contributed by atoms with van der Waals surface area (Å²) >= 11 is 4.93. The minimum atomic E-state index is -0.820. The Kier molecular flexibility index (Phi) is 3.92. The molecule has 0 aliphatic rings. The molecular weight excluding hydrogens is 278 g/mol. The van der Waals surface area contributed by atoms with E-state index in [0.29, 0.717) is 0 Å². The van der Waals surface area contributed by atoms with Crippen molar-refractivity contribution in [3.63, 3.8) is 0 Å².